The van der Waals surface area contributed by atoms with E-state index in [4.69, 9.17) is 16.3 Å². The monoisotopic (exact) mass is 554 g/mol. The smallest absolute Gasteiger partial charge is 0.163 e. The van der Waals surface area contributed by atoms with Crippen molar-refractivity contribution in [1.82, 2.24) is 0 Å². The van der Waals surface area contributed by atoms with Crippen LogP contribution in [0, 0.1) is 5.41 Å². The minimum atomic E-state index is -0.491. The summed E-state index contributed by atoms with van der Waals surface area (Å²) in [7, 11) is 0. The summed E-state index contributed by atoms with van der Waals surface area (Å²) >= 11 is 10.2. The van der Waals surface area contributed by atoms with Crippen molar-refractivity contribution in [2.24, 2.45) is 5.41 Å². The molecule has 1 atom stereocenters. The third kappa shape index (κ3) is 5.34. The van der Waals surface area contributed by atoms with Crippen molar-refractivity contribution in [2.75, 3.05) is 10.6 Å². The Kier molecular flexibility index (Phi) is 7.15. The zero-order valence-corrected chi connectivity index (χ0v) is 22.3. The normalized spacial score (nSPS) is 19.4. The van der Waals surface area contributed by atoms with Gasteiger partial charge in [0.25, 0.3) is 0 Å². The molecule has 0 amide bonds. The molecule has 0 aromatic heterocycles. The molecule has 0 saturated heterocycles. The summed E-state index contributed by atoms with van der Waals surface area (Å²) in [5.41, 5.74) is 3.23. The molecule has 2 aromatic rings. The fourth-order valence-electron chi connectivity index (χ4n) is 4.45. The second kappa shape index (κ2) is 9.96. The highest BCUT2D eigenvalue weighted by molar-refractivity contribution is 9.12. The molecule has 182 valence electrons. The average molecular weight is 556 g/mol. The summed E-state index contributed by atoms with van der Waals surface area (Å²) in [6.45, 7) is 10.0. The van der Waals surface area contributed by atoms with Gasteiger partial charge >= 0.3 is 0 Å². The summed E-state index contributed by atoms with van der Waals surface area (Å²) in [5.74, 6) is 1.15. The summed E-state index contributed by atoms with van der Waals surface area (Å²) in [4.78, 5) is 13.4. The first kappa shape index (κ1) is 25.1. The number of rotatable bonds is 5. The van der Waals surface area contributed by atoms with Crippen molar-refractivity contribution in [3.8, 4) is 11.5 Å². The fraction of sp³-hybridized carbons (Fsp3) is 0.250. The predicted molar refractivity (Wildman–Crippen MR) is 146 cm³/mol. The highest BCUT2D eigenvalue weighted by Crippen LogP contribution is 2.48. The Balaban J connectivity index is 1.74. The summed E-state index contributed by atoms with van der Waals surface area (Å²) in [6.07, 6.45) is 6.73. The topological polar surface area (TPSA) is 70.6 Å². The summed E-state index contributed by atoms with van der Waals surface area (Å²) in [5, 5.41) is 17.8. The van der Waals surface area contributed by atoms with Crippen molar-refractivity contribution in [3.63, 3.8) is 0 Å². The Bertz CT molecular complexity index is 1290. The zero-order valence-electron chi connectivity index (χ0n) is 19.9. The number of fused-ring (bicyclic) bond motifs is 1. The van der Waals surface area contributed by atoms with Crippen LogP contribution in [0.3, 0.4) is 0 Å². The minimum Gasteiger partial charge on any atom is -0.506 e. The lowest BCUT2D eigenvalue weighted by Crippen LogP contribution is -2.31. The van der Waals surface area contributed by atoms with Gasteiger partial charge in [0.15, 0.2) is 5.78 Å². The van der Waals surface area contributed by atoms with Crippen LogP contribution in [0.1, 0.15) is 45.2 Å². The van der Waals surface area contributed by atoms with Gasteiger partial charge in [0.1, 0.15) is 22.9 Å². The molecule has 0 bridgehead atoms. The van der Waals surface area contributed by atoms with Crippen molar-refractivity contribution >= 4 is 44.7 Å². The van der Waals surface area contributed by atoms with E-state index >= 15 is 0 Å². The number of phenols is 1. The summed E-state index contributed by atoms with van der Waals surface area (Å²) < 4.78 is 6.59. The number of nitrogens with one attached hydrogen (secondary N) is 2. The van der Waals surface area contributed by atoms with E-state index in [1.165, 1.54) is 0 Å². The molecule has 0 saturated carbocycles. The fourth-order valence-corrected chi connectivity index (χ4v) is 4.97. The zero-order chi connectivity index (χ0) is 25.3. The van der Waals surface area contributed by atoms with E-state index in [1.807, 2.05) is 43.4 Å². The molecule has 2 aliphatic rings. The van der Waals surface area contributed by atoms with Crippen molar-refractivity contribution < 1.29 is 14.6 Å². The van der Waals surface area contributed by atoms with Crippen LogP contribution in [0.15, 0.2) is 82.7 Å². The Morgan fingerprint density at radius 3 is 2.77 bits per heavy atom. The average Bonchev–Trinajstić information content (AvgIpc) is 2.94. The van der Waals surface area contributed by atoms with Crippen molar-refractivity contribution in [3.05, 3.63) is 93.3 Å². The number of anilines is 2. The second-order valence-corrected chi connectivity index (χ2v) is 10.7. The van der Waals surface area contributed by atoms with E-state index in [-0.39, 0.29) is 16.9 Å². The SMILES string of the molecule is C=C(Oc1ccc(C2Nc3cccc(O)c3NC3=C2C(=O)CC(C)(C)C3)c(Cl)c1)/C(Br)=C\C=C/C. The number of ketones is 1. The van der Waals surface area contributed by atoms with Gasteiger partial charge in [-0.05, 0) is 70.6 Å². The highest BCUT2D eigenvalue weighted by atomic mass is 79.9. The number of para-hydroxylation sites is 1. The lowest BCUT2D eigenvalue weighted by atomic mass is 9.73. The van der Waals surface area contributed by atoms with Crippen LogP contribution in [-0.2, 0) is 4.79 Å². The van der Waals surface area contributed by atoms with Gasteiger partial charge in [0, 0.05) is 22.7 Å². The Hall–Kier alpha value is -2.96. The minimum absolute atomic E-state index is 0.0522. The summed E-state index contributed by atoms with van der Waals surface area (Å²) in [6, 6.07) is 10.2. The number of hydrogen-bond acceptors (Lipinski definition) is 5. The van der Waals surface area contributed by atoms with E-state index in [2.05, 4.69) is 47.0 Å². The van der Waals surface area contributed by atoms with Gasteiger partial charge in [0.2, 0.25) is 0 Å². The van der Waals surface area contributed by atoms with E-state index in [9.17, 15) is 9.90 Å². The molecule has 1 aliphatic carbocycles. The molecular weight excluding hydrogens is 528 g/mol. The van der Waals surface area contributed by atoms with Crippen LogP contribution in [-0.4, -0.2) is 10.9 Å². The Morgan fingerprint density at radius 2 is 2.06 bits per heavy atom. The molecule has 7 heteroatoms. The molecule has 1 unspecified atom stereocenters. The number of Topliss-reactive ketones (excluding diaryl/α,β-unsaturated/α-hetero) is 1. The number of aromatic hydroxyl groups is 1. The van der Waals surface area contributed by atoms with Gasteiger partial charge in [-0.3, -0.25) is 4.79 Å². The number of benzene rings is 2. The number of halogens is 2. The van der Waals surface area contributed by atoms with E-state index in [0.717, 1.165) is 11.3 Å². The molecule has 0 spiro atoms. The maximum atomic E-state index is 13.4. The molecule has 1 heterocycles. The molecule has 5 nitrogen and oxygen atoms in total. The van der Waals surface area contributed by atoms with Crippen LogP contribution in [0.25, 0.3) is 0 Å². The van der Waals surface area contributed by atoms with Crippen LogP contribution < -0.4 is 15.4 Å². The van der Waals surface area contributed by atoms with Crippen molar-refractivity contribution in [1.29, 1.82) is 0 Å². The maximum absolute atomic E-state index is 13.4. The first-order chi connectivity index (χ1) is 16.6. The lowest BCUT2D eigenvalue weighted by Gasteiger charge is -2.34. The van der Waals surface area contributed by atoms with Gasteiger partial charge < -0.3 is 20.5 Å². The van der Waals surface area contributed by atoms with Gasteiger partial charge in [-0.2, -0.15) is 0 Å². The van der Waals surface area contributed by atoms with Gasteiger partial charge in [0.05, 0.1) is 16.2 Å². The highest BCUT2D eigenvalue weighted by Gasteiger charge is 2.39. The molecule has 0 radical (unpaired) electrons. The predicted octanol–water partition coefficient (Wildman–Crippen LogP) is 8.01. The quantitative estimate of drug-likeness (QED) is 0.198. The van der Waals surface area contributed by atoms with E-state index in [0.29, 0.717) is 50.8 Å². The van der Waals surface area contributed by atoms with Gasteiger partial charge in [-0.25, -0.2) is 0 Å². The van der Waals surface area contributed by atoms with Gasteiger partial charge in [-0.15, -0.1) is 0 Å². The van der Waals surface area contributed by atoms with Crippen LogP contribution in [0.2, 0.25) is 5.02 Å². The lowest BCUT2D eigenvalue weighted by molar-refractivity contribution is -0.118. The van der Waals surface area contributed by atoms with Crippen LogP contribution in [0.4, 0.5) is 11.4 Å². The largest absolute Gasteiger partial charge is 0.506 e. The molecule has 3 N–H and O–H groups in total. The number of allylic oxidation sites excluding steroid dienone is 5. The second-order valence-electron chi connectivity index (χ2n) is 9.48. The van der Waals surface area contributed by atoms with Crippen LogP contribution in [0.5, 0.6) is 11.5 Å². The van der Waals surface area contributed by atoms with Crippen molar-refractivity contribution in [2.45, 2.75) is 39.7 Å². The molecule has 0 fully saturated rings. The van der Waals surface area contributed by atoms with E-state index in [1.54, 1.807) is 18.2 Å². The standard InChI is InChI=1S/C28H28BrClN2O3/c1-5-6-8-19(29)16(2)35-17-11-12-18(20(30)13-17)26-25-22(14-28(3,4)15-24(25)34)32-27-21(31-26)9-7-10-23(27)33/h5-13,26,31-33H,2,14-15H2,1,3-4H3/b6-5-,19-8+. The molecule has 2 aromatic carbocycles. The Morgan fingerprint density at radius 1 is 1.29 bits per heavy atom. The number of hydrogen-bond donors (Lipinski definition) is 3. The van der Waals surface area contributed by atoms with E-state index < -0.39 is 6.04 Å². The molecule has 35 heavy (non-hydrogen) atoms. The number of carbonyl (C=O) groups is 1. The third-order valence-electron chi connectivity index (χ3n) is 6.05. The molecular formula is C28H28BrClN2O3. The third-order valence-corrected chi connectivity index (χ3v) is 7.09. The number of ether oxygens (including phenoxy) is 1. The van der Waals surface area contributed by atoms with Crippen LogP contribution >= 0.6 is 27.5 Å². The first-order valence-electron chi connectivity index (χ1n) is 11.4. The number of phenolic OH excluding ortho intramolecular Hbond substituents is 1. The van der Waals surface area contributed by atoms with Gasteiger partial charge in [-0.1, -0.05) is 56.3 Å². The number of carbonyl (C=O) groups excluding carboxylic acids is 1. The maximum Gasteiger partial charge on any atom is 0.163 e. The first-order valence-corrected chi connectivity index (χ1v) is 12.5. The molecule has 4 rings (SSSR count). The Labute approximate surface area is 219 Å². The molecule has 1 aliphatic heterocycles.